The van der Waals surface area contributed by atoms with Crippen LogP contribution in [0.4, 0.5) is 5.69 Å². The van der Waals surface area contributed by atoms with Crippen molar-refractivity contribution < 1.29 is 0 Å². The largest absolute Gasteiger partial charge is 0.371 e. The molecule has 0 spiro atoms. The minimum absolute atomic E-state index is 0.728. The van der Waals surface area contributed by atoms with E-state index in [1.54, 1.807) is 16.8 Å². The second-order valence-corrected chi connectivity index (χ2v) is 21.9. The van der Waals surface area contributed by atoms with Crippen molar-refractivity contribution in [3.63, 3.8) is 0 Å². The maximum absolute atomic E-state index is 6.61. The molecule has 1 aromatic carbocycles. The van der Waals surface area contributed by atoms with Gasteiger partial charge in [0, 0.05) is 39.9 Å². The lowest BCUT2D eigenvalue weighted by Gasteiger charge is -2.44. The van der Waals surface area contributed by atoms with Gasteiger partial charge in [-0.15, -0.1) is 0 Å². The van der Waals surface area contributed by atoms with Crippen molar-refractivity contribution in [3.05, 3.63) is 28.3 Å². The molecule has 0 aliphatic carbocycles. The van der Waals surface area contributed by atoms with Crippen molar-refractivity contribution in [2.24, 2.45) is 0 Å². The second kappa shape index (κ2) is 6.48. The highest BCUT2D eigenvalue weighted by Crippen LogP contribution is 2.49. The standard InChI is InChI=1S/C20H34ClNSi2/c1-23(2,3)13-15-7-9-22-10-8-16(14-24(4,5)6)19-12-17(21)11-18(15)20(19)22/h11-12,15-16H,7-10,13-14H2,1-6H3/t15-,16-/m0/s1. The van der Waals surface area contributed by atoms with Crippen LogP contribution in [0.1, 0.15) is 35.8 Å². The molecule has 3 rings (SSSR count). The Morgan fingerprint density at radius 2 is 1.29 bits per heavy atom. The maximum Gasteiger partial charge on any atom is 0.0448 e. The Morgan fingerprint density at radius 3 is 1.67 bits per heavy atom. The molecular weight excluding hydrogens is 346 g/mol. The molecule has 1 aromatic rings. The average Bonchev–Trinajstić information content (AvgIpc) is 2.41. The molecule has 0 aromatic heterocycles. The molecule has 2 heterocycles. The minimum atomic E-state index is -1.07. The van der Waals surface area contributed by atoms with Crippen LogP contribution in [0, 0.1) is 0 Å². The van der Waals surface area contributed by atoms with Gasteiger partial charge in [-0.05, 0) is 47.9 Å². The predicted molar refractivity (Wildman–Crippen MR) is 115 cm³/mol. The van der Waals surface area contributed by atoms with Crippen LogP contribution in [-0.4, -0.2) is 29.2 Å². The first kappa shape index (κ1) is 18.5. The average molecular weight is 380 g/mol. The van der Waals surface area contributed by atoms with Gasteiger partial charge in [-0.1, -0.05) is 63.0 Å². The monoisotopic (exact) mass is 379 g/mol. The summed E-state index contributed by atoms with van der Waals surface area (Å²) in [6.07, 6.45) is 2.63. The molecule has 0 fully saturated rings. The van der Waals surface area contributed by atoms with Gasteiger partial charge in [-0.25, -0.2) is 0 Å². The number of halogens is 1. The van der Waals surface area contributed by atoms with Gasteiger partial charge in [0.15, 0.2) is 0 Å². The van der Waals surface area contributed by atoms with Gasteiger partial charge in [0.2, 0.25) is 0 Å². The van der Waals surface area contributed by atoms with Crippen molar-refractivity contribution in [3.8, 4) is 0 Å². The van der Waals surface area contributed by atoms with Crippen LogP contribution in [-0.2, 0) is 0 Å². The Bertz CT molecular complexity index is 566. The lowest BCUT2D eigenvalue weighted by Crippen LogP contribution is -2.39. The van der Waals surface area contributed by atoms with Gasteiger partial charge in [0.1, 0.15) is 0 Å². The highest BCUT2D eigenvalue weighted by molar-refractivity contribution is 6.76. The molecule has 2 aliphatic heterocycles. The van der Waals surface area contributed by atoms with E-state index in [1.165, 1.54) is 38.0 Å². The van der Waals surface area contributed by atoms with Crippen molar-refractivity contribution in [2.45, 2.75) is 76.0 Å². The molecule has 0 bridgehead atoms. The normalized spacial score (nSPS) is 24.0. The molecule has 0 unspecified atom stereocenters. The molecule has 0 N–H and O–H groups in total. The number of anilines is 1. The zero-order valence-electron chi connectivity index (χ0n) is 16.4. The van der Waals surface area contributed by atoms with Crippen molar-refractivity contribution in [1.29, 1.82) is 0 Å². The van der Waals surface area contributed by atoms with Crippen LogP contribution >= 0.6 is 11.6 Å². The molecule has 0 amide bonds. The van der Waals surface area contributed by atoms with E-state index in [9.17, 15) is 0 Å². The molecule has 0 saturated carbocycles. The van der Waals surface area contributed by atoms with E-state index in [4.69, 9.17) is 11.6 Å². The fourth-order valence-corrected chi connectivity index (χ4v) is 8.84. The Hall–Kier alpha value is -0.256. The third-order valence-corrected chi connectivity index (χ3v) is 9.20. The molecule has 2 aliphatic rings. The quantitative estimate of drug-likeness (QED) is 0.520. The molecule has 2 atom stereocenters. The summed E-state index contributed by atoms with van der Waals surface area (Å²) in [5.74, 6) is 1.46. The second-order valence-electron chi connectivity index (χ2n) is 10.4. The Balaban J connectivity index is 2.03. The fraction of sp³-hybridized carbons (Fsp3) is 0.700. The summed E-state index contributed by atoms with van der Waals surface area (Å²) < 4.78 is 0. The summed E-state index contributed by atoms with van der Waals surface area (Å²) in [6.45, 7) is 17.5. The Kier molecular flexibility index (Phi) is 5.00. The van der Waals surface area contributed by atoms with Crippen LogP contribution in [0.3, 0.4) is 0 Å². The van der Waals surface area contributed by atoms with E-state index in [1.807, 2.05) is 0 Å². The maximum atomic E-state index is 6.61. The summed E-state index contributed by atoms with van der Waals surface area (Å²) in [4.78, 5) is 2.67. The molecular formula is C20H34ClNSi2. The third-order valence-electron chi connectivity index (χ3n) is 5.54. The van der Waals surface area contributed by atoms with E-state index in [2.05, 4.69) is 56.3 Å². The Morgan fingerprint density at radius 1 is 0.875 bits per heavy atom. The zero-order valence-corrected chi connectivity index (χ0v) is 19.1. The number of hydrogen-bond donors (Lipinski definition) is 0. The van der Waals surface area contributed by atoms with Crippen LogP contribution < -0.4 is 4.90 Å². The molecule has 4 heteroatoms. The van der Waals surface area contributed by atoms with Gasteiger partial charge >= 0.3 is 0 Å². The summed E-state index contributed by atoms with van der Waals surface area (Å²) in [5.41, 5.74) is 4.74. The van der Waals surface area contributed by atoms with E-state index < -0.39 is 16.1 Å². The summed E-state index contributed by atoms with van der Waals surface area (Å²) in [7, 11) is -2.14. The van der Waals surface area contributed by atoms with E-state index in [-0.39, 0.29) is 0 Å². The number of nitrogens with zero attached hydrogens (tertiary/aromatic N) is 1. The van der Waals surface area contributed by atoms with E-state index >= 15 is 0 Å². The molecule has 0 saturated heterocycles. The molecule has 24 heavy (non-hydrogen) atoms. The number of rotatable bonds is 4. The predicted octanol–water partition coefficient (Wildman–Crippen LogP) is 6.80. The lowest BCUT2D eigenvalue weighted by molar-refractivity contribution is 0.543. The third kappa shape index (κ3) is 4.10. The molecule has 0 radical (unpaired) electrons. The number of benzene rings is 1. The van der Waals surface area contributed by atoms with Crippen LogP contribution in [0.2, 0.25) is 56.4 Å². The van der Waals surface area contributed by atoms with Gasteiger partial charge in [-0.2, -0.15) is 0 Å². The number of hydrogen-bond acceptors (Lipinski definition) is 1. The molecule has 134 valence electrons. The van der Waals surface area contributed by atoms with Crippen molar-refractivity contribution in [1.82, 2.24) is 0 Å². The summed E-state index contributed by atoms with van der Waals surface area (Å²) >= 11 is 6.61. The first-order chi connectivity index (χ1) is 11.0. The lowest BCUT2D eigenvalue weighted by atomic mass is 9.82. The van der Waals surface area contributed by atoms with Crippen LogP contribution in [0.15, 0.2) is 12.1 Å². The van der Waals surface area contributed by atoms with Crippen molar-refractivity contribution >= 4 is 33.4 Å². The summed E-state index contributed by atoms with van der Waals surface area (Å²) in [5, 5.41) is 0.966. The first-order valence-corrected chi connectivity index (χ1v) is 17.4. The first-order valence-electron chi connectivity index (χ1n) is 9.62. The van der Waals surface area contributed by atoms with Crippen LogP contribution in [0.5, 0.6) is 0 Å². The van der Waals surface area contributed by atoms with E-state index in [0.29, 0.717) is 0 Å². The highest BCUT2D eigenvalue weighted by atomic mass is 35.5. The van der Waals surface area contributed by atoms with E-state index in [0.717, 1.165) is 16.9 Å². The van der Waals surface area contributed by atoms with Gasteiger partial charge in [-0.3, -0.25) is 0 Å². The fourth-order valence-electron chi connectivity index (χ4n) is 4.80. The topological polar surface area (TPSA) is 3.24 Å². The van der Waals surface area contributed by atoms with Gasteiger partial charge in [0.05, 0.1) is 0 Å². The summed E-state index contributed by atoms with van der Waals surface area (Å²) in [6, 6.07) is 7.39. The molecule has 1 nitrogen and oxygen atoms in total. The Labute approximate surface area is 155 Å². The van der Waals surface area contributed by atoms with Gasteiger partial charge in [0.25, 0.3) is 0 Å². The minimum Gasteiger partial charge on any atom is -0.371 e. The highest BCUT2D eigenvalue weighted by Gasteiger charge is 2.36. The SMILES string of the molecule is C[Si](C)(C)C[C@@H]1CCN2CC[C@@H](C[Si](C)(C)C)c3cc(Cl)cc1c32. The van der Waals surface area contributed by atoms with Crippen LogP contribution in [0.25, 0.3) is 0 Å². The zero-order chi connectivity index (χ0) is 17.7. The smallest absolute Gasteiger partial charge is 0.0448 e. The van der Waals surface area contributed by atoms with Gasteiger partial charge < -0.3 is 4.90 Å². The van der Waals surface area contributed by atoms with Crippen molar-refractivity contribution in [2.75, 3.05) is 18.0 Å².